The molecule has 0 saturated heterocycles. The van der Waals surface area contributed by atoms with Crippen molar-refractivity contribution in [2.75, 3.05) is 36.7 Å². The molecule has 0 fully saturated rings. The average molecular weight is 240 g/mol. The van der Waals surface area contributed by atoms with E-state index in [1.54, 1.807) is 4.90 Å². The quantitative estimate of drug-likeness (QED) is 0.670. The van der Waals surface area contributed by atoms with E-state index >= 15 is 0 Å². The predicted octanol–water partition coefficient (Wildman–Crippen LogP) is 0.0927. The molecule has 4 N–H and O–H groups in total. The summed E-state index contributed by atoms with van der Waals surface area (Å²) in [5.74, 6) is 1.01. The number of nitrogen functional groups attached to an aromatic ring is 1. The smallest absolute Gasteiger partial charge is 0.231 e. The first-order valence-corrected chi connectivity index (χ1v) is 5.48. The average Bonchev–Trinajstić information content (AvgIpc) is 2.28. The molecule has 1 aromatic heterocycles. The maximum absolute atomic E-state index is 9.32. The minimum absolute atomic E-state index is 0.00755. The number of hydrogen-bond acceptors (Lipinski definition) is 7. The number of aliphatic hydroxyl groups is 1. The third-order valence-electron chi connectivity index (χ3n) is 2.58. The highest BCUT2D eigenvalue weighted by Crippen LogP contribution is 2.17. The monoisotopic (exact) mass is 240 g/mol. The third-order valence-corrected chi connectivity index (χ3v) is 2.58. The highest BCUT2D eigenvalue weighted by molar-refractivity contribution is 5.42. The minimum atomic E-state index is -0.461. The van der Waals surface area contributed by atoms with Gasteiger partial charge in [0.15, 0.2) is 0 Å². The molecule has 0 saturated carbocycles. The maximum Gasteiger partial charge on any atom is 0.231 e. The van der Waals surface area contributed by atoms with E-state index in [2.05, 4.69) is 20.3 Å². The Hall–Kier alpha value is -1.63. The van der Waals surface area contributed by atoms with Crippen LogP contribution in [0.2, 0.25) is 0 Å². The molecule has 0 aliphatic rings. The predicted molar refractivity (Wildman–Crippen MR) is 68.0 cm³/mol. The fourth-order valence-corrected chi connectivity index (χ4v) is 1.15. The second kappa shape index (κ2) is 5.13. The lowest BCUT2D eigenvalue weighted by Gasteiger charge is -2.27. The number of aliphatic hydroxyl groups excluding tert-OH is 1. The SMILES string of the molecule is CCC(C)(CO)Nc1nc(N)nc(N(C)C)n1. The van der Waals surface area contributed by atoms with Crippen LogP contribution < -0.4 is 16.0 Å². The lowest BCUT2D eigenvalue weighted by Crippen LogP contribution is -2.39. The van der Waals surface area contributed by atoms with Crippen molar-refractivity contribution in [3.05, 3.63) is 0 Å². The summed E-state index contributed by atoms with van der Waals surface area (Å²) in [6.07, 6.45) is 0.742. The van der Waals surface area contributed by atoms with Gasteiger partial charge in [0.05, 0.1) is 12.1 Å². The minimum Gasteiger partial charge on any atom is -0.394 e. The van der Waals surface area contributed by atoms with Crippen LogP contribution >= 0.6 is 0 Å². The Morgan fingerprint density at radius 2 is 2.00 bits per heavy atom. The van der Waals surface area contributed by atoms with Crippen LogP contribution in [0.5, 0.6) is 0 Å². The summed E-state index contributed by atoms with van der Waals surface area (Å²) in [7, 11) is 3.65. The van der Waals surface area contributed by atoms with Gasteiger partial charge in [-0.25, -0.2) is 0 Å². The number of nitrogens with one attached hydrogen (secondary N) is 1. The van der Waals surface area contributed by atoms with Gasteiger partial charge < -0.3 is 21.1 Å². The number of nitrogens with two attached hydrogens (primary N) is 1. The zero-order valence-corrected chi connectivity index (χ0v) is 10.7. The second-order valence-corrected chi connectivity index (χ2v) is 4.41. The molecule has 0 aromatic carbocycles. The first kappa shape index (κ1) is 13.4. The standard InChI is InChI=1S/C10H20N6O/c1-5-10(2,6-17)15-8-12-7(11)13-9(14-8)16(3)4/h17H,5-6H2,1-4H3,(H3,11,12,13,14,15). The summed E-state index contributed by atoms with van der Waals surface area (Å²) in [6.45, 7) is 3.86. The Morgan fingerprint density at radius 3 is 2.47 bits per heavy atom. The lowest BCUT2D eigenvalue weighted by molar-refractivity contribution is 0.218. The Morgan fingerprint density at radius 1 is 1.35 bits per heavy atom. The first-order valence-electron chi connectivity index (χ1n) is 5.48. The lowest BCUT2D eigenvalue weighted by atomic mass is 10.0. The number of aromatic nitrogens is 3. The van der Waals surface area contributed by atoms with Crippen molar-refractivity contribution < 1.29 is 5.11 Å². The first-order chi connectivity index (χ1) is 7.90. The van der Waals surface area contributed by atoms with E-state index in [0.29, 0.717) is 11.9 Å². The summed E-state index contributed by atoms with van der Waals surface area (Å²) in [5.41, 5.74) is 5.15. The van der Waals surface area contributed by atoms with Crippen molar-refractivity contribution in [1.82, 2.24) is 15.0 Å². The van der Waals surface area contributed by atoms with Gasteiger partial charge in [-0.2, -0.15) is 15.0 Å². The Labute approximate surface area is 101 Å². The van der Waals surface area contributed by atoms with E-state index < -0.39 is 5.54 Å². The largest absolute Gasteiger partial charge is 0.394 e. The molecule has 7 nitrogen and oxygen atoms in total. The summed E-state index contributed by atoms with van der Waals surface area (Å²) in [6, 6.07) is 0. The molecule has 0 aliphatic heterocycles. The van der Waals surface area contributed by atoms with Gasteiger partial charge in [0.1, 0.15) is 0 Å². The third kappa shape index (κ3) is 3.42. The van der Waals surface area contributed by atoms with Gasteiger partial charge in [-0.1, -0.05) is 6.92 Å². The second-order valence-electron chi connectivity index (χ2n) is 4.41. The molecule has 0 bridgehead atoms. The fraction of sp³-hybridized carbons (Fsp3) is 0.700. The van der Waals surface area contributed by atoms with Crippen molar-refractivity contribution in [2.24, 2.45) is 0 Å². The molecular weight excluding hydrogens is 220 g/mol. The van der Waals surface area contributed by atoms with Gasteiger partial charge in [-0.05, 0) is 13.3 Å². The molecule has 1 unspecified atom stereocenters. The van der Waals surface area contributed by atoms with Crippen LogP contribution in [0.4, 0.5) is 17.8 Å². The van der Waals surface area contributed by atoms with Gasteiger partial charge >= 0.3 is 0 Å². The van der Waals surface area contributed by atoms with Crippen molar-refractivity contribution in [3.63, 3.8) is 0 Å². The van der Waals surface area contributed by atoms with Crippen molar-refractivity contribution >= 4 is 17.8 Å². The van der Waals surface area contributed by atoms with Gasteiger partial charge in [0, 0.05) is 14.1 Å². The summed E-state index contributed by atoms with van der Waals surface area (Å²) in [4.78, 5) is 14.0. The van der Waals surface area contributed by atoms with E-state index in [4.69, 9.17) is 5.73 Å². The van der Waals surface area contributed by atoms with Crippen LogP contribution in [0.1, 0.15) is 20.3 Å². The Balaban J connectivity index is 2.98. The number of nitrogens with zero attached hydrogens (tertiary/aromatic N) is 4. The normalized spacial score (nSPS) is 14.2. The van der Waals surface area contributed by atoms with Gasteiger partial charge in [0.25, 0.3) is 0 Å². The van der Waals surface area contributed by atoms with Crippen LogP contribution in [0.3, 0.4) is 0 Å². The molecule has 0 aliphatic carbocycles. The van der Waals surface area contributed by atoms with E-state index in [9.17, 15) is 5.11 Å². The zero-order valence-electron chi connectivity index (χ0n) is 10.7. The van der Waals surface area contributed by atoms with Crippen LogP contribution in [0, 0.1) is 0 Å². The van der Waals surface area contributed by atoms with E-state index in [0.717, 1.165) is 6.42 Å². The molecule has 1 aromatic rings. The zero-order chi connectivity index (χ0) is 13.1. The van der Waals surface area contributed by atoms with Gasteiger partial charge in [-0.3, -0.25) is 0 Å². The van der Waals surface area contributed by atoms with Crippen molar-refractivity contribution in [3.8, 4) is 0 Å². The van der Waals surface area contributed by atoms with Crippen LogP contribution in [0.25, 0.3) is 0 Å². The van der Waals surface area contributed by atoms with Crippen molar-refractivity contribution in [1.29, 1.82) is 0 Å². The molecule has 0 radical (unpaired) electrons. The summed E-state index contributed by atoms with van der Waals surface area (Å²) >= 11 is 0. The van der Waals surface area contributed by atoms with E-state index in [-0.39, 0.29) is 12.6 Å². The van der Waals surface area contributed by atoms with Crippen LogP contribution in [-0.4, -0.2) is 46.3 Å². The number of hydrogen-bond donors (Lipinski definition) is 3. The summed E-state index contributed by atoms with van der Waals surface area (Å²) in [5, 5.41) is 12.4. The number of anilines is 3. The maximum atomic E-state index is 9.32. The Kier molecular flexibility index (Phi) is 4.06. The highest BCUT2D eigenvalue weighted by Gasteiger charge is 2.22. The van der Waals surface area contributed by atoms with E-state index in [1.165, 1.54) is 0 Å². The molecule has 1 atom stereocenters. The van der Waals surface area contributed by atoms with Gasteiger partial charge in [0.2, 0.25) is 17.8 Å². The molecule has 17 heavy (non-hydrogen) atoms. The molecular formula is C10H20N6O. The number of rotatable bonds is 5. The highest BCUT2D eigenvalue weighted by atomic mass is 16.3. The topological polar surface area (TPSA) is 100 Å². The molecule has 1 heterocycles. The summed E-state index contributed by atoms with van der Waals surface area (Å²) < 4.78 is 0. The molecule has 1 rings (SSSR count). The van der Waals surface area contributed by atoms with Crippen LogP contribution in [0.15, 0.2) is 0 Å². The van der Waals surface area contributed by atoms with E-state index in [1.807, 2.05) is 27.9 Å². The molecule has 0 spiro atoms. The molecule has 7 heteroatoms. The molecule has 96 valence electrons. The van der Waals surface area contributed by atoms with Crippen molar-refractivity contribution in [2.45, 2.75) is 25.8 Å². The fourth-order valence-electron chi connectivity index (χ4n) is 1.15. The molecule has 0 amide bonds. The van der Waals surface area contributed by atoms with Gasteiger partial charge in [-0.15, -0.1) is 0 Å². The van der Waals surface area contributed by atoms with Crippen LogP contribution in [-0.2, 0) is 0 Å². The Bertz CT molecular complexity index is 377.